The quantitative estimate of drug-likeness (QED) is 0.877. The van der Waals surface area contributed by atoms with Crippen LogP contribution in [0, 0.1) is 20.8 Å². The van der Waals surface area contributed by atoms with Crippen molar-refractivity contribution in [2.75, 3.05) is 25.5 Å². The van der Waals surface area contributed by atoms with E-state index < -0.39 is 5.60 Å². The number of carbonyl (C=O) groups excluding carboxylic acids is 1. The van der Waals surface area contributed by atoms with Gasteiger partial charge in [0, 0.05) is 12.2 Å². The predicted octanol–water partition coefficient (Wildman–Crippen LogP) is 3.18. The maximum atomic E-state index is 12.3. The summed E-state index contributed by atoms with van der Waals surface area (Å²) in [6.07, 6.45) is 5.05. The van der Waals surface area contributed by atoms with Crippen molar-refractivity contribution >= 4 is 11.6 Å². The molecular weight excluding hydrogens is 288 g/mol. The summed E-state index contributed by atoms with van der Waals surface area (Å²) in [6, 6.07) is 4.16. The average molecular weight is 318 g/mol. The normalized spacial score (nSPS) is 17.3. The van der Waals surface area contributed by atoms with Crippen molar-refractivity contribution in [2.45, 2.75) is 58.5 Å². The van der Waals surface area contributed by atoms with Gasteiger partial charge in [0.1, 0.15) is 0 Å². The van der Waals surface area contributed by atoms with Crippen LogP contribution in [0.15, 0.2) is 12.1 Å². The fourth-order valence-electron chi connectivity index (χ4n) is 3.73. The van der Waals surface area contributed by atoms with E-state index in [2.05, 4.69) is 24.4 Å². The molecule has 4 nitrogen and oxygen atoms in total. The molecule has 23 heavy (non-hydrogen) atoms. The monoisotopic (exact) mass is 318 g/mol. The molecule has 4 heteroatoms. The molecule has 1 saturated carbocycles. The largest absolute Gasteiger partial charge is 0.389 e. The number of carbonyl (C=O) groups is 1. The molecule has 0 aliphatic heterocycles. The molecule has 1 amide bonds. The minimum Gasteiger partial charge on any atom is -0.389 e. The molecule has 1 aliphatic rings. The smallest absolute Gasteiger partial charge is 0.238 e. The average Bonchev–Trinajstić information content (AvgIpc) is 2.42. The summed E-state index contributed by atoms with van der Waals surface area (Å²) in [7, 11) is 1.90. The molecule has 0 heterocycles. The molecule has 0 radical (unpaired) electrons. The van der Waals surface area contributed by atoms with Crippen molar-refractivity contribution in [3.05, 3.63) is 28.8 Å². The van der Waals surface area contributed by atoms with Gasteiger partial charge in [0.15, 0.2) is 0 Å². The first-order chi connectivity index (χ1) is 10.8. The summed E-state index contributed by atoms with van der Waals surface area (Å²) in [5.41, 5.74) is 3.66. The number of aryl methyl sites for hydroxylation is 3. The van der Waals surface area contributed by atoms with Crippen LogP contribution in [0.5, 0.6) is 0 Å². The Balaban J connectivity index is 1.92. The van der Waals surface area contributed by atoms with E-state index in [0.29, 0.717) is 13.1 Å². The highest BCUT2D eigenvalue weighted by Gasteiger charge is 2.30. The number of nitrogens with one attached hydrogen (secondary N) is 1. The molecule has 2 N–H and O–H groups in total. The van der Waals surface area contributed by atoms with Gasteiger partial charge in [-0.3, -0.25) is 9.69 Å². The highest BCUT2D eigenvalue weighted by Crippen LogP contribution is 2.28. The molecule has 0 saturated heterocycles. The highest BCUT2D eigenvalue weighted by atomic mass is 16.3. The van der Waals surface area contributed by atoms with E-state index in [1.54, 1.807) is 0 Å². The molecule has 0 bridgehead atoms. The number of hydrogen-bond acceptors (Lipinski definition) is 3. The van der Waals surface area contributed by atoms with Crippen molar-refractivity contribution < 1.29 is 9.90 Å². The van der Waals surface area contributed by atoms with Crippen molar-refractivity contribution in [2.24, 2.45) is 0 Å². The lowest BCUT2D eigenvalue weighted by Gasteiger charge is -2.35. The number of likely N-dealkylation sites (N-methyl/N-ethyl adjacent to an activating group) is 1. The molecule has 0 spiro atoms. The number of rotatable bonds is 5. The van der Waals surface area contributed by atoms with Gasteiger partial charge in [-0.05, 0) is 51.8 Å². The molecule has 128 valence electrons. The van der Waals surface area contributed by atoms with Gasteiger partial charge in [0.25, 0.3) is 0 Å². The summed E-state index contributed by atoms with van der Waals surface area (Å²) in [5.74, 6) is -0.0260. The molecule has 0 aromatic heterocycles. The van der Waals surface area contributed by atoms with Gasteiger partial charge in [-0.15, -0.1) is 0 Å². The SMILES string of the molecule is Cc1cc(C)c(NC(=O)CN(C)CC2(O)CCCCC2)c(C)c1. The molecule has 0 atom stereocenters. The van der Waals surface area contributed by atoms with Gasteiger partial charge < -0.3 is 10.4 Å². The van der Waals surface area contributed by atoms with Crippen molar-refractivity contribution in [3.8, 4) is 0 Å². The van der Waals surface area contributed by atoms with Gasteiger partial charge in [0.05, 0.1) is 12.1 Å². The number of aliphatic hydroxyl groups is 1. The number of hydrogen-bond donors (Lipinski definition) is 2. The third-order valence-electron chi connectivity index (χ3n) is 4.70. The Kier molecular flexibility index (Phi) is 5.82. The molecule has 0 unspecified atom stereocenters. The Labute approximate surface area is 139 Å². The molecular formula is C19H30N2O2. The van der Waals surface area contributed by atoms with E-state index in [-0.39, 0.29) is 5.91 Å². The summed E-state index contributed by atoms with van der Waals surface area (Å²) in [4.78, 5) is 14.3. The van der Waals surface area contributed by atoms with E-state index >= 15 is 0 Å². The highest BCUT2D eigenvalue weighted by molar-refractivity contribution is 5.93. The summed E-state index contributed by atoms with van der Waals surface area (Å²) in [5, 5.41) is 13.6. The van der Waals surface area contributed by atoms with E-state index in [1.807, 2.05) is 25.8 Å². The van der Waals surface area contributed by atoms with Crippen LogP contribution in [0.4, 0.5) is 5.69 Å². The van der Waals surface area contributed by atoms with Gasteiger partial charge in [-0.25, -0.2) is 0 Å². The number of anilines is 1. The molecule has 1 fully saturated rings. The first-order valence-corrected chi connectivity index (χ1v) is 8.58. The minimum absolute atomic E-state index is 0.0260. The van der Waals surface area contributed by atoms with E-state index in [9.17, 15) is 9.90 Å². The Morgan fingerprint density at radius 1 is 1.17 bits per heavy atom. The molecule has 1 aromatic rings. The zero-order chi connectivity index (χ0) is 17.0. The first kappa shape index (κ1) is 18.0. The van der Waals surface area contributed by atoms with Gasteiger partial charge in [-0.2, -0.15) is 0 Å². The third-order valence-corrected chi connectivity index (χ3v) is 4.70. The zero-order valence-corrected chi connectivity index (χ0v) is 14.9. The van der Waals surface area contributed by atoms with Crippen LogP contribution in [0.2, 0.25) is 0 Å². The minimum atomic E-state index is -0.622. The van der Waals surface area contributed by atoms with Gasteiger partial charge >= 0.3 is 0 Å². The van der Waals surface area contributed by atoms with Crippen LogP contribution < -0.4 is 5.32 Å². The second kappa shape index (κ2) is 7.45. The van der Waals surface area contributed by atoms with Crippen LogP contribution in [-0.2, 0) is 4.79 Å². The van der Waals surface area contributed by atoms with Gasteiger partial charge in [-0.1, -0.05) is 37.0 Å². The summed E-state index contributed by atoms with van der Waals surface area (Å²) >= 11 is 0. The van der Waals surface area contributed by atoms with E-state index in [1.165, 1.54) is 12.0 Å². The first-order valence-electron chi connectivity index (χ1n) is 8.58. The van der Waals surface area contributed by atoms with E-state index in [4.69, 9.17) is 0 Å². The van der Waals surface area contributed by atoms with Crippen LogP contribution in [0.3, 0.4) is 0 Å². The van der Waals surface area contributed by atoms with Crippen LogP contribution >= 0.6 is 0 Å². The van der Waals surface area contributed by atoms with E-state index in [0.717, 1.165) is 42.5 Å². The summed E-state index contributed by atoms with van der Waals surface area (Å²) in [6.45, 7) is 6.96. The van der Waals surface area contributed by atoms with Crippen molar-refractivity contribution in [3.63, 3.8) is 0 Å². The Morgan fingerprint density at radius 3 is 2.30 bits per heavy atom. The van der Waals surface area contributed by atoms with Crippen molar-refractivity contribution in [1.29, 1.82) is 0 Å². The number of benzene rings is 1. The molecule has 2 rings (SSSR count). The zero-order valence-electron chi connectivity index (χ0n) is 14.9. The molecule has 1 aromatic carbocycles. The lowest BCUT2D eigenvalue weighted by molar-refractivity contribution is -0.118. The Bertz CT molecular complexity index is 539. The fourth-order valence-corrected chi connectivity index (χ4v) is 3.73. The molecule has 1 aliphatic carbocycles. The second-order valence-electron chi connectivity index (χ2n) is 7.28. The number of amides is 1. The maximum Gasteiger partial charge on any atom is 0.238 e. The number of nitrogens with zero attached hydrogens (tertiary/aromatic N) is 1. The topological polar surface area (TPSA) is 52.6 Å². The third kappa shape index (κ3) is 5.05. The van der Waals surface area contributed by atoms with Gasteiger partial charge in [0.2, 0.25) is 5.91 Å². The standard InChI is InChI=1S/C19H30N2O2/c1-14-10-15(2)18(16(3)11-14)20-17(22)12-21(4)13-19(23)8-6-5-7-9-19/h10-11,23H,5-9,12-13H2,1-4H3,(H,20,22). The van der Waals surface area contributed by atoms with Crippen LogP contribution in [0.1, 0.15) is 48.8 Å². The Hall–Kier alpha value is -1.39. The van der Waals surface area contributed by atoms with Crippen molar-refractivity contribution in [1.82, 2.24) is 4.90 Å². The van der Waals surface area contributed by atoms with Crippen LogP contribution in [0.25, 0.3) is 0 Å². The maximum absolute atomic E-state index is 12.3. The fraction of sp³-hybridized carbons (Fsp3) is 0.632. The lowest BCUT2D eigenvalue weighted by atomic mass is 9.84. The van der Waals surface area contributed by atoms with Crippen LogP contribution in [-0.4, -0.2) is 41.7 Å². The second-order valence-corrected chi connectivity index (χ2v) is 7.28. The summed E-state index contributed by atoms with van der Waals surface area (Å²) < 4.78 is 0. The lowest BCUT2D eigenvalue weighted by Crippen LogP contribution is -2.45. The predicted molar refractivity (Wildman–Crippen MR) is 94.8 cm³/mol. The Morgan fingerprint density at radius 2 is 1.74 bits per heavy atom.